The molecule has 2 aliphatic heterocycles. The number of hydrogen-bond acceptors (Lipinski definition) is 8. The van der Waals surface area contributed by atoms with E-state index in [0.717, 1.165) is 39.1 Å². The zero-order valence-corrected chi connectivity index (χ0v) is 20.8. The normalized spacial score (nSPS) is 16.7. The van der Waals surface area contributed by atoms with E-state index in [2.05, 4.69) is 39.4 Å². The van der Waals surface area contributed by atoms with Gasteiger partial charge in [0.2, 0.25) is 0 Å². The van der Waals surface area contributed by atoms with Crippen LogP contribution in [0.5, 0.6) is 11.5 Å². The van der Waals surface area contributed by atoms with Crippen LogP contribution in [0.25, 0.3) is 10.1 Å². The fraction of sp³-hybridized carbons (Fsp3) is 0.423. The second kappa shape index (κ2) is 10.7. The van der Waals surface area contributed by atoms with Crippen molar-refractivity contribution in [3.05, 3.63) is 47.3 Å². The Hall–Kier alpha value is -3.01. The van der Waals surface area contributed by atoms with Crippen molar-refractivity contribution in [2.45, 2.75) is 13.0 Å². The van der Waals surface area contributed by atoms with Crippen molar-refractivity contribution in [1.82, 2.24) is 4.90 Å². The first-order chi connectivity index (χ1) is 17.2. The first-order valence-electron chi connectivity index (χ1n) is 12.0. The number of fused-ring (bicyclic) bond motifs is 1. The van der Waals surface area contributed by atoms with Crippen LogP contribution >= 0.6 is 11.3 Å². The molecule has 1 amide bonds. The van der Waals surface area contributed by atoms with Gasteiger partial charge in [-0.15, -0.1) is 11.3 Å². The summed E-state index contributed by atoms with van der Waals surface area (Å²) in [5.74, 6) is 1.03. The number of aliphatic hydroxyl groups excluding tert-OH is 1. The lowest BCUT2D eigenvalue weighted by Crippen LogP contribution is -2.46. The van der Waals surface area contributed by atoms with Crippen molar-refractivity contribution < 1.29 is 24.1 Å². The molecule has 35 heavy (non-hydrogen) atoms. The molecule has 2 aromatic carbocycles. The van der Waals surface area contributed by atoms with E-state index in [1.165, 1.54) is 20.7 Å². The van der Waals surface area contributed by atoms with E-state index < -0.39 is 6.09 Å². The highest BCUT2D eigenvalue weighted by atomic mass is 32.1. The number of benzene rings is 2. The summed E-state index contributed by atoms with van der Waals surface area (Å²) in [6.07, 6.45) is 0.477. The maximum absolute atomic E-state index is 11.9. The van der Waals surface area contributed by atoms with Gasteiger partial charge < -0.3 is 24.2 Å². The lowest BCUT2D eigenvalue weighted by Gasteiger charge is -2.36. The molecule has 0 atom stereocenters. The number of anilines is 2. The van der Waals surface area contributed by atoms with Gasteiger partial charge in [0.15, 0.2) is 11.5 Å². The number of amides is 1. The van der Waals surface area contributed by atoms with Crippen LogP contribution in [-0.4, -0.2) is 75.7 Å². The van der Waals surface area contributed by atoms with E-state index in [-0.39, 0.29) is 6.61 Å². The Morgan fingerprint density at radius 2 is 1.97 bits per heavy atom. The van der Waals surface area contributed by atoms with Crippen LogP contribution in [0.1, 0.15) is 12.0 Å². The van der Waals surface area contributed by atoms with Crippen LogP contribution < -0.4 is 19.3 Å². The van der Waals surface area contributed by atoms with Gasteiger partial charge in [-0.3, -0.25) is 9.80 Å². The van der Waals surface area contributed by atoms with Crippen molar-refractivity contribution >= 4 is 38.9 Å². The molecule has 3 aromatic rings. The minimum Gasteiger partial charge on any atom is -0.493 e. The lowest BCUT2D eigenvalue weighted by atomic mass is 10.1. The summed E-state index contributed by atoms with van der Waals surface area (Å²) < 4.78 is 17.9. The Labute approximate surface area is 209 Å². The van der Waals surface area contributed by atoms with Crippen molar-refractivity contribution in [1.29, 1.82) is 0 Å². The van der Waals surface area contributed by atoms with Crippen LogP contribution in [0, 0.1) is 0 Å². The van der Waals surface area contributed by atoms with Gasteiger partial charge in [-0.25, -0.2) is 4.79 Å². The van der Waals surface area contributed by atoms with Gasteiger partial charge in [0, 0.05) is 60.1 Å². The molecule has 9 heteroatoms. The molecule has 0 bridgehead atoms. The van der Waals surface area contributed by atoms with Gasteiger partial charge in [-0.2, -0.15) is 0 Å². The Kier molecular flexibility index (Phi) is 7.26. The number of cyclic esters (lactones) is 1. The molecule has 0 aliphatic carbocycles. The van der Waals surface area contributed by atoms with Crippen molar-refractivity contribution in [3.63, 3.8) is 0 Å². The molecule has 2 fully saturated rings. The maximum Gasteiger partial charge on any atom is 0.414 e. The predicted octanol–water partition coefficient (Wildman–Crippen LogP) is 3.95. The second-order valence-corrected chi connectivity index (χ2v) is 9.65. The van der Waals surface area contributed by atoms with Gasteiger partial charge in [0.25, 0.3) is 0 Å². The number of methoxy groups -OCH3 is 1. The van der Waals surface area contributed by atoms with Crippen LogP contribution in [0.2, 0.25) is 0 Å². The lowest BCUT2D eigenvalue weighted by molar-refractivity contribution is 0.181. The summed E-state index contributed by atoms with van der Waals surface area (Å²) in [6.45, 7) is 6.15. The molecule has 186 valence electrons. The minimum atomic E-state index is -0.392. The highest BCUT2D eigenvalue weighted by Gasteiger charge is 2.26. The van der Waals surface area contributed by atoms with Crippen molar-refractivity contribution in [2.75, 3.05) is 69.4 Å². The third kappa shape index (κ3) is 5.03. The molecule has 2 saturated heterocycles. The first-order valence-corrected chi connectivity index (χ1v) is 12.9. The fourth-order valence-corrected chi connectivity index (χ4v) is 5.60. The van der Waals surface area contributed by atoms with E-state index in [1.54, 1.807) is 30.6 Å². The van der Waals surface area contributed by atoms with E-state index in [1.807, 2.05) is 0 Å². The molecular weight excluding hydrogens is 466 g/mol. The highest BCUT2D eigenvalue weighted by molar-refractivity contribution is 7.17. The molecule has 1 aromatic heterocycles. The van der Waals surface area contributed by atoms with Gasteiger partial charge in [-0.05, 0) is 36.1 Å². The standard InChI is InChI=1S/C26H31N3O5S/c1-32-23-17-20(29-12-14-34-26(29)31)16-19(18-30)25(23)33-13-3-7-27-8-10-28(11-9-27)22-4-2-5-24-21(22)6-15-35-24/h2,4-6,15-17,30H,3,7-14,18H2,1H3. The minimum absolute atomic E-state index is 0.207. The number of carbonyl (C=O) groups is 1. The number of aliphatic hydroxyl groups is 1. The monoisotopic (exact) mass is 497 g/mol. The number of piperazine rings is 1. The van der Waals surface area contributed by atoms with Crippen LogP contribution in [-0.2, 0) is 11.3 Å². The summed E-state index contributed by atoms with van der Waals surface area (Å²) in [4.78, 5) is 18.4. The smallest absolute Gasteiger partial charge is 0.414 e. The Morgan fingerprint density at radius 3 is 2.71 bits per heavy atom. The topological polar surface area (TPSA) is 74.7 Å². The Balaban J connectivity index is 1.14. The first kappa shape index (κ1) is 23.7. The molecule has 1 N–H and O–H groups in total. The second-order valence-electron chi connectivity index (χ2n) is 8.70. The van der Waals surface area contributed by atoms with E-state index in [9.17, 15) is 9.90 Å². The number of rotatable bonds is 9. The van der Waals surface area contributed by atoms with Gasteiger partial charge in [0.05, 0.1) is 32.6 Å². The molecule has 3 heterocycles. The van der Waals surface area contributed by atoms with E-state index in [0.29, 0.717) is 42.5 Å². The molecule has 0 spiro atoms. The fourth-order valence-electron chi connectivity index (χ4n) is 4.79. The predicted molar refractivity (Wildman–Crippen MR) is 138 cm³/mol. The van der Waals surface area contributed by atoms with E-state index in [4.69, 9.17) is 14.2 Å². The number of carbonyl (C=O) groups excluding carboxylic acids is 1. The summed E-state index contributed by atoms with van der Waals surface area (Å²) in [7, 11) is 1.56. The summed E-state index contributed by atoms with van der Waals surface area (Å²) in [5, 5.41) is 13.4. The van der Waals surface area contributed by atoms with Crippen LogP contribution in [0.4, 0.5) is 16.2 Å². The number of nitrogens with zero attached hydrogens (tertiary/aromatic N) is 3. The molecule has 0 saturated carbocycles. The number of hydrogen-bond donors (Lipinski definition) is 1. The summed E-state index contributed by atoms with van der Waals surface area (Å²) >= 11 is 1.79. The largest absolute Gasteiger partial charge is 0.493 e. The van der Waals surface area contributed by atoms with Crippen molar-refractivity contribution in [3.8, 4) is 11.5 Å². The molecule has 0 unspecified atom stereocenters. The quantitative estimate of drug-likeness (QED) is 0.449. The maximum atomic E-state index is 11.9. The average molecular weight is 498 g/mol. The number of ether oxygens (including phenoxy) is 3. The van der Waals surface area contributed by atoms with Crippen LogP contribution in [0.15, 0.2) is 41.8 Å². The highest BCUT2D eigenvalue weighted by Crippen LogP contribution is 2.37. The average Bonchev–Trinajstić information content (AvgIpc) is 3.55. The van der Waals surface area contributed by atoms with Crippen LogP contribution in [0.3, 0.4) is 0 Å². The molecule has 5 rings (SSSR count). The Bertz CT molecular complexity index is 1150. The molecule has 0 radical (unpaired) electrons. The van der Waals surface area contributed by atoms with Gasteiger partial charge in [-0.1, -0.05) is 6.07 Å². The van der Waals surface area contributed by atoms with E-state index >= 15 is 0 Å². The SMILES string of the molecule is COc1cc(N2CCOC2=O)cc(CO)c1OCCCN1CCN(c2cccc3sccc23)CC1. The van der Waals surface area contributed by atoms with Gasteiger partial charge >= 0.3 is 6.09 Å². The third-order valence-corrected chi connectivity index (χ3v) is 7.51. The molecule has 2 aliphatic rings. The molecular formula is C26H31N3O5S. The zero-order chi connectivity index (χ0) is 24.2. The molecule has 8 nitrogen and oxygen atoms in total. The zero-order valence-electron chi connectivity index (χ0n) is 19.9. The van der Waals surface area contributed by atoms with Crippen molar-refractivity contribution in [2.24, 2.45) is 0 Å². The number of thiophene rings is 1. The van der Waals surface area contributed by atoms with Gasteiger partial charge in [0.1, 0.15) is 6.61 Å². The third-order valence-electron chi connectivity index (χ3n) is 6.63. The summed E-state index contributed by atoms with van der Waals surface area (Å²) in [5.41, 5.74) is 2.56. The Morgan fingerprint density at radius 1 is 1.11 bits per heavy atom. The summed E-state index contributed by atoms with van der Waals surface area (Å²) in [6, 6.07) is 12.3.